The molecule has 0 spiro atoms. The fraction of sp³-hybridized carbons (Fsp3) is 0.160. The first kappa shape index (κ1) is 22.4. The number of oxazole rings is 1. The number of rotatable bonds is 9. The van der Waals surface area contributed by atoms with Crippen LogP contribution in [0.25, 0.3) is 11.1 Å². The quantitative estimate of drug-likeness (QED) is 0.266. The van der Waals surface area contributed by atoms with Crippen molar-refractivity contribution in [3.05, 3.63) is 83.9 Å². The first-order valence-corrected chi connectivity index (χ1v) is 11.4. The number of hydrogen-bond acceptors (Lipinski definition) is 7. The molecule has 0 aliphatic carbocycles. The van der Waals surface area contributed by atoms with E-state index in [9.17, 15) is 9.59 Å². The van der Waals surface area contributed by atoms with Crippen LogP contribution in [0.15, 0.2) is 82.4 Å². The van der Waals surface area contributed by atoms with E-state index in [1.807, 2.05) is 49.4 Å². The summed E-state index contributed by atoms with van der Waals surface area (Å²) in [6, 6.07) is 21.7. The Bertz CT molecular complexity index is 1240. The van der Waals surface area contributed by atoms with Crippen LogP contribution in [0.3, 0.4) is 0 Å². The van der Waals surface area contributed by atoms with Crippen LogP contribution in [0.4, 0.5) is 5.69 Å². The van der Waals surface area contributed by atoms with Crippen molar-refractivity contribution in [3.63, 3.8) is 0 Å². The Morgan fingerprint density at radius 1 is 1.00 bits per heavy atom. The molecule has 7 nitrogen and oxygen atoms in total. The lowest BCUT2D eigenvalue weighted by Crippen LogP contribution is -2.21. The van der Waals surface area contributed by atoms with E-state index >= 15 is 0 Å². The Kier molecular flexibility index (Phi) is 7.26. The summed E-state index contributed by atoms with van der Waals surface area (Å²) >= 11 is 1.38. The monoisotopic (exact) mass is 462 g/mol. The maximum Gasteiger partial charge on any atom is 0.338 e. The molecule has 33 heavy (non-hydrogen) atoms. The molecular formula is C25H22N2O5S. The van der Waals surface area contributed by atoms with E-state index < -0.39 is 18.5 Å². The maximum absolute atomic E-state index is 12.7. The predicted octanol–water partition coefficient (Wildman–Crippen LogP) is 5.31. The predicted molar refractivity (Wildman–Crippen MR) is 127 cm³/mol. The van der Waals surface area contributed by atoms with Crippen LogP contribution in [0.5, 0.6) is 5.75 Å². The number of thioether (sulfide) groups is 1. The number of benzene rings is 3. The topological polar surface area (TPSA) is 90.7 Å². The molecular weight excluding hydrogens is 440 g/mol. The molecule has 0 aliphatic rings. The number of esters is 1. The van der Waals surface area contributed by atoms with Gasteiger partial charge in [0.25, 0.3) is 11.1 Å². The minimum Gasteiger partial charge on any atom is -0.492 e. The number of ether oxygens (including phenoxy) is 2. The molecule has 1 aromatic heterocycles. The van der Waals surface area contributed by atoms with E-state index in [-0.39, 0.29) is 0 Å². The zero-order chi connectivity index (χ0) is 23.0. The van der Waals surface area contributed by atoms with Gasteiger partial charge in [0.2, 0.25) is 0 Å². The summed E-state index contributed by atoms with van der Waals surface area (Å²) in [6.45, 7) is 1.92. The molecule has 0 aliphatic heterocycles. The van der Waals surface area contributed by atoms with E-state index in [0.29, 0.717) is 40.2 Å². The van der Waals surface area contributed by atoms with Crippen molar-refractivity contribution in [2.45, 2.75) is 17.9 Å². The molecule has 0 saturated carbocycles. The van der Waals surface area contributed by atoms with Gasteiger partial charge >= 0.3 is 5.97 Å². The number of fused-ring (bicyclic) bond motifs is 1. The molecule has 0 fully saturated rings. The number of nitrogens with zero attached hydrogens (tertiary/aromatic N) is 1. The van der Waals surface area contributed by atoms with Gasteiger partial charge in [-0.1, -0.05) is 54.2 Å². The summed E-state index contributed by atoms with van der Waals surface area (Å²) in [5.41, 5.74) is 3.17. The minimum absolute atomic E-state index is 0.392. The van der Waals surface area contributed by atoms with Crippen LogP contribution in [-0.2, 0) is 15.3 Å². The number of amides is 1. The number of aromatic nitrogens is 1. The van der Waals surface area contributed by atoms with Gasteiger partial charge in [-0.15, -0.1) is 0 Å². The zero-order valence-corrected chi connectivity index (χ0v) is 18.8. The molecule has 1 heterocycles. The molecule has 0 saturated heterocycles. The van der Waals surface area contributed by atoms with E-state index in [1.54, 1.807) is 30.3 Å². The van der Waals surface area contributed by atoms with Crippen molar-refractivity contribution in [1.29, 1.82) is 0 Å². The Hall–Kier alpha value is -3.78. The number of carbonyl (C=O) groups excluding carboxylic acids is 2. The van der Waals surface area contributed by atoms with E-state index in [0.717, 1.165) is 11.1 Å². The zero-order valence-electron chi connectivity index (χ0n) is 17.9. The molecule has 8 heteroatoms. The van der Waals surface area contributed by atoms with Gasteiger partial charge in [0.1, 0.15) is 11.3 Å². The van der Waals surface area contributed by atoms with Gasteiger partial charge < -0.3 is 19.2 Å². The minimum atomic E-state index is -0.572. The van der Waals surface area contributed by atoms with Gasteiger partial charge in [-0.2, -0.15) is 0 Å². The molecule has 0 bridgehead atoms. The lowest BCUT2D eigenvalue weighted by molar-refractivity contribution is -0.119. The third kappa shape index (κ3) is 5.72. The number of carbonyl (C=O) groups is 2. The van der Waals surface area contributed by atoms with Crippen LogP contribution in [0, 0.1) is 0 Å². The van der Waals surface area contributed by atoms with E-state index in [1.165, 1.54) is 11.8 Å². The highest BCUT2D eigenvalue weighted by Gasteiger charge is 2.16. The second-order valence-electron chi connectivity index (χ2n) is 6.95. The van der Waals surface area contributed by atoms with E-state index in [4.69, 9.17) is 13.9 Å². The van der Waals surface area contributed by atoms with Crippen LogP contribution in [0.1, 0.15) is 22.8 Å². The van der Waals surface area contributed by atoms with Crippen molar-refractivity contribution in [3.8, 4) is 5.75 Å². The molecule has 1 amide bonds. The van der Waals surface area contributed by atoms with Crippen molar-refractivity contribution in [2.75, 3.05) is 18.5 Å². The largest absolute Gasteiger partial charge is 0.492 e. The van der Waals surface area contributed by atoms with E-state index in [2.05, 4.69) is 10.3 Å². The molecule has 0 radical (unpaired) electrons. The second-order valence-corrected chi connectivity index (χ2v) is 7.87. The summed E-state index contributed by atoms with van der Waals surface area (Å²) in [5, 5.41) is 3.23. The molecule has 3 aromatic carbocycles. The summed E-state index contributed by atoms with van der Waals surface area (Å²) in [5.74, 6) is -0.00135. The Morgan fingerprint density at radius 2 is 1.76 bits per heavy atom. The molecule has 0 atom stereocenters. The average Bonchev–Trinajstić information content (AvgIpc) is 3.26. The SMILES string of the molecule is CCOc1ccccc1NC(=O)COC(=O)c1ccccc1CSc1nc2ccccc2o1. The van der Waals surface area contributed by atoms with Crippen molar-refractivity contribution in [1.82, 2.24) is 4.98 Å². The van der Waals surface area contributed by atoms with Crippen molar-refractivity contribution < 1.29 is 23.5 Å². The molecule has 1 N–H and O–H groups in total. The van der Waals surface area contributed by atoms with Crippen molar-refractivity contribution >= 4 is 40.4 Å². The molecule has 4 aromatic rings. The molecule has 0 unspecified atom stereocenters. The summed E-state index contributed by atoms with van der Waals surface area (Å²) in [4.78, 5) is 29.4. The van der Waals surface area contributed by atoms with Gasteiger partial charge in [0, 0.05) is 5.75 Å². The Labute approximate surface area is 195 Å². The Balaban J connectivity index is 1.36. The smallest absolute Gasteiger partial charge is 0.338 e. The standard InChI is InChI=1S/C25H22N2O5S/c1-2-30-21-13-7-5-11-19(21)26-23(28)15-31-24(29)18-10-4-3-9-17(18)16-33-25-27-20-12-6-8-14-22(20)32-25/h3-14H,2,15-16H2,1H3,(H,26,28). The highest BCUT2D eigenvalue weighted by atomic mass is 32.2. The second kappa shape index (κ2) is 10.7. The lowest BCUT2D eigenvalue weighted by atomic mass is 10.1. The van der Waals surface area contributed by atoms with Gasteiger partial charge in [-0.05, 0) is 42.8 Å². The third-order valence-electron chi connectivity index (χ3n) is 4.66. The fourth-order valence-electron chi connectivity index (χ4n) is 3.14. The van der Waals surface area contributed by atoms with Crippen LogP contribution in [-0.4, -0.2) is 30.1 Å². The number of nitrogens with one attached hydrogen (secondary N) is 1. The summed E-state index contributed by atoms with van der Waals surface area (Å²) in [7, 11) is 0. The van der Waals surface area contributed by atoms with Crippen LogP contribution < -0.4 is 10.1 Å². The van der Waals surface area contributed by atoms with Gasteiger partial charge in [0.15, 0.2) is 12.2 Å². The highest BCUT2D eigenvalue weighted by Crippen LogP contribution is 2.27. The highest BCUT2D eigenvalue weighted by molar-refractivity contribution is 7.98. The van der Waals surface area contributed by atoms with Crippen molar-refractivity contribution in [2.24, 2.45) is 0 Å². The number of hydrogen-bond donors (Lipinski definition) is 1. The average molecular weight is 463 g/mol. The normalized spacial score (nSPS) is 10.7. The first-order valence-electron chi connectivity index (χ1n) is 10.4. The fourth-order valence-corrected chi connectivity index (χ4v) is 3.99. The first-order chi connectivity index (χ1) is 16.1. The third-order valence-corrected chi connectivity index (χ3v) is 5.53. The van der Waals surface area contributed by atoms with Crippen LogP contribution >= 0.6 is 11.8 Å². The van der Waals surface area contributed by atoms with Gasteiger partial charge in [0.05, 0.1) is 17.9 Å². The molecule has 4 rings (SSSR count). The Morgan fingerprint density at radius 3 is 2.61 bits per heavy atom. The lowest BCUT2D eigenvalue weighted by Gasteiger charge is -2.12. The summed E-state index contributed by atoms with van der Waals surface area (Å²) in [6.07, 6.45) is 0. The van der Waals surface area contributed by atoms with Gasteiger partial charge in [-0.3, -0.25) is 4.79 Å². The number of anilines is 1. The summed E-state index contributed by atoms with van der Waals surface area (Å²) < 4.78 is 16.5. The van der Waals surface area contributed by atoms with Crippen LogP contribution in [0.2, 0.25) is 0 Å². The molecule has 168 valence electrons. The van der Waals surface area contributed by atoms with Gasteiger partial charge in [-0.25, -0.2) is 9.78 Å². The number of para-hydroxylation sites is 4. The maximum atomic E-state index is 12.7.